The van der Waals surface area contributed by atoms with Crippen molar-refractivity contribution >= 4 is 17.3 Å². The standard InChI is InChI=1S/C9H9N3O2/c10-6-1-2-8-11-7(3-9(13)14)5-12(8)4-6/h1-2,4-5H,3,10H2,(H,13,14). The van der Waals surface area contributed by atoms with Gasteiger partial charge in [-0.05, 0) is 12.1 Å². The number of imidazole rings is 1. The first-order valence-electron chi connectivity index (χ1n) is 4.10. The van der Waals surface area contributed by atoms with E-state index in [1.54, 1.807) is 28.9 Å². The highest BCUT2D eigenvalue weighted by Gasteiger charge is 2.05. The van der Waals surface area contributed by atoms with Crippen molar-refractivity contribution in [2.45, 2.75) is 6.42 Å². The molecule has 2 heterocycles. The summed E-state index contributed by atoms with van der Waals surface area (Å²) in [5.41, 5.74) is 7.43. The number of fused-ring (bicyclic) bond motifs is 1. The zero-order valence-electron chi connectivity index (χ0n) is 7.34. The molecule has 2 aromatic rings. The third-order valence-corrected chi connectivity index (χ3v) is 1.86. The van der Waals surface area contributed by atoms with Crippen molar-refractivity contribution in [1.29, 1.82) is 0 Å². The number of aromatic nitrogens is 2. The largest absolute Gasteiger partial charge is 0.481 e. The van der Waals surface area contributed by atoms with E-state index in [9.17, 15) is 4.79 Å². The smallest absolute Gasteiger partial charge is 0.309 e. The topological polar surface area (TPSA) is 80.6 Å². The van der Waals surface area contributed by atoms with Crippen LogP contribution in [0.3, 0.4) is 0 Å². The van der Waals surface area contributed by atoms with Gasteiger partial charge in [-0.2, -0.15) is 0 Å². The van der Waals surface area contributed by atoms with E-state index >= 15 is 0 Å². The highest BCUT2D eigenvalue weighted by Crippen LogP contribution is 2.09. The van der Waals surface area contributed by atoms with E-state index in [-0.39, 0.29) is 6.42 Å². The lowest BCUT2D eigenvalue weighted by Crippen LogP contribution is -1.99. The fourth-order valence-electron chi connectivity index (χ4n) is 1.30. The van der Waals surface area contributed by atoms with Crippen LogP contribution in [0.1, 0.15) is 5.69 Å². The number of anilines is 1. The molecule has 0 unspecified atom stereocenters. The van der Waals surface area contributed by atoms with Gasteiger partial charge >= 0.3 is 5.97 Å². The number of carboxylic acid groups (broad SMARTS) is 1. The fraction of sp³-hybridized carbons (Fsp3) is 0.111. The number of aliphatic carboxylic acids is 1. The number of nitrogens with two attached hydrogens (primary N) is 1. The van der Waals surface area contributed by atoms with Crippen molar-refractivity contribution in [3.63, 3.8) is 0 Å². The van der Waals surface area contributed by atoms with E-state index < -0.39 is 5.97 Å². The van der Waals surface area contributed by atoms with Crippen molar-refractivity contribution in [3.8, 4) is 0 Å². The molecule has 2 rings (SSSR count). The molecule has 0 aliphatic rings. The second-order valence-electron chi connectivity index (χ2n) is 3.03. The zero-order chi connectivity index (χ0) is 10.1. The lowest BCUT2D eigenvalue weighted by atomic mass is 10.3. The second-order valence-corrected chi connectivity index (χ2v) is 3.03. The van der Waals surface area contributed by atoms with E-state index in [1.807, 2.05) is 0 Å². The van der Waals surface area contributed by atoms with Crippen molar-refractivity contribution in [2.75, 3.05) is 5.73 Å². The van der Waals surface area contributed by atoms with E-state index in [0.717, 1.165) is 0 Å². The maximum absolute atomic E-state index is 10.4. The Morgan fingerprint density at radius 3 is 3.00 bits per heavy atom. The third-order valence-electron chi connectivity index (χ3n) is 1.86. The van der Waals surface area contributed by atoms with Gasteiger partial charge in [-0.15, -0.1) is 0 Å². The Labute approximate surface area is 79.8 Å². The number of nitrogen functional groups attached to an aromatic ring is 1. The van der Waals surface area contributed by atoms with Gasteiger partial charge in [0.15, 0.2) is 0 Å². The van der Waals surface area contributed by atoms with Gasteiger partial charge in [0.05, 0.1) is 12.1 Å². The first-order valence-corrected chi connectivity index (χ1v) is 4.10. The molecular weight excluding hydrogens is 182 g/mol. The number of pyridine rings is 1. The number of hydrogen-bond donors (Lipinski definition) is 2. The van der Waals surface area contributed by atoms with Crippen LogP contribution in [-0.2, 0) is 11.2 Å². The first kappa shape index (κ1) is 8.55. The molecule has 5 heteroatoms. The average Bonchev–Trinajstić information content (AvgIpc) is 2.44. The van der Waals surface area contributed by atoms with Crippen LogP contribution in [-0.4, -0.2) is 20.5 Å². The van der Waals surface area contributed by atoms with Crippen molar-refractivity contribution in [3.05, 3.63) is 30.2 Å². The van der Waals surface area contributed by atoms with Crippen LogP contribution in [0.5, 0.6) is 0 Å². The maximum Gasteiger partial charge on any atom is 0.309 e. The third kappa shape index (κ3) is 1.52. The summed E-state index contributed by atoms with van der Waals surface area (Å²) >= 11 is 0. The van der Waals surface area contributed by atoms with Crippen molar-refractivity contribution < 1.29 is 9.90 Å². The minimum atomic E-state index is -0.888. The Hall–Kier alpha value is -2.04. The molecule has 3 N–H and O–H groups in total. The Kier molecular flexibility index (Phi) is 1.85. The predicted octanol–water partition coefficient (Wildman–Crippen LogP) is 0.544. The highest BCUT2D eigenvalue weighted by molar-refractivity contribution is 5.69. The van der Waals surface area contributed by atoms with Gasteiger partial charge in [0, 0.05) is 18.1 Å². The number of carbonyl (C=O) groups is 1. The van der Waals surface area contributed by atoms with Crippen LogP contribution in [0, 0.1) is 0 Å². The molecule has 72 valence electrons. The fourth-order valence-corrected chi connectivity index (χ4v) is 1.30. The molecule has 0 spiro atoms. The summed E-state index contributed by atoms with van der Waals surface area (Å²) in [5.74, 6) is -0.888. The molecule has 0 aliphatic heterocycles. The van der Waals surface area contributed by atoms with Gasteiger partial charge in [-0.3, -0.25) is 4.79 Å². The van der Waals surface area contributed by atoms with Crippen molar-refractivity contribution in [1.82, 2.24) is 9.38 Å². The molecule has 0 saturated carbocycles. The zero-order valence-corrected chi connectivity index (χ0v) is 7.34. The van der Waals surface area contributed by atoms with Crippen LogP contribution < -0.4 is 5.73 Å². The molecule has 0 aliphatic carbocycles. The molecule has 0 bridgehead atoms. The molecule has 2 aromatic heterocycles. The Bertz CT molecular complexity index is 490. The van der Waals surface area contributed by atoms with Crippen LogP contribution >= 0.6 is 0 Å². The second kappa shape index (κ2) is 3.02. The van der Waals surface area contributed by atoms with Crippen LogP contribution in [0.2, 0.25) is 0 Å². The van der Waals surface area contributed by atoms with Crippen LogP contribution in [0.25, 0.3) is 5.65 Å². The van der Waals surface area contributed by atoms with Crippen LogP contribution in [0.15, 0.2) is 24.5 Å². The minimum absolute atomic E-state index is 0.0679. The van der Waals surface area contributed by atoms with E-state index in [0.29, 0.717) is 17.0 Å². The minimum Gasteiger partial charge on any atom is -0.481 e. The summed E-state index contributed by atoms with van der Waals surface area (Å²) in [4.78, 5) is 14.6. The van der Waals surface area contributed by atoms with E-state index in [1.165, 1.54) is 0 Å². The molecule has 0 saturated heterocycles. The summed E-state index contributed by atoms with van der Waals surface area (Å²) in [7, 11) is 0. The Morgan fingerprint density at radius 2 is 2.29 bits per heavy atom. The molecular formula is C9H9N3O2. The maximum atomic E-state index is 10.4. The molecule has 0 aromatic carbocycles. The summed E-state index contributed by atoms with van der Waals surface area (Å²) in [5, 5.41) is 8.57. The summed E-state index contributed by atoms with van der Waals surface area (Å²) < 4.78 is 1.72. The number of rotatable bonds is 2. The molecule has 0 atom stereocenters. The predicted molar refractivity (Wildman–Crippen MR) is 50.9 cm³/mol. The highest BCUT2D eigenvalue weighted by atomic mass is 16.4. The monoisotopic (exact) mass is 191 g/mol. The Balaban J connectivity index is 2.46. The van der Waals surface area contributed by atoms with Gasteiger partial charge in [0.25, 0.3) is 0 Å². The van der Waals surface area contributed by atoms with E-state index in [2.05, 4.69) is 4.98 Å². The first-order chi connectivity index (χ1) is 6.65. The lowest BCUT2D eigenvalue weighted by molar-refractivity contribution is -0.136. The molecule has 0 radical (unpaired) electrons. The van der Waals surface area contributed by atoms with E-state index in [4.69, 9.17) is 10.8 Å². The normalized spacial score (nSPS) is 10.6. The summed E-state index contributed by atoms with van der Waals surface area (Å²) in [6.07, 6.45) is 3.30. The summed E-state index contributed by atoms with van der Waals surface area (Å²) in [6.45, 7) is 0. The number of nitrogens with zero attached hydrogens (tertiary/aromatic N) is 2. The Morgan fingerprint density at radius 1 is 1.50 bits per heavy atom. The molecule has 0 amide bonds. The quantitative estimate of drug-likeness (QED) is 0.726. The summed E-state index contributed by atoms with van der Waals surface area (Å²) in [6, 6.07) is 3.48. The van der Waals surface area contributed by atoms with Gasteiger partial charge in [-0.25, -0.2) is 4.98 Å². The SMILES string of the molecule is Nc1ccc2nc(CC(=O)O)cn2c1. The van der Waals surface area contributed by atoms with Gasteiger partial charge in [0.2, 0.25) is 0 Å². The van der Waals surface area contributed by atoms with Gasteiger partial charge in [0.1, 0.15) is 5.65 Å². The molecule has 5 nitrogen and oxygen atoms in total. The van der Waals surface area contributed by atoms with Crippen molar-refractivity contribution in [2.24, 2.45) is 0 Å². The number of carboxylic acids is 1. The van der Waals surface area contributed by atoms with Crippen LogP contribution in [0.4, 0.5) is 5.69 Å². The molecule has 0 fully saturated rings. The van der Waals surface area contributed by atoms with Gasteiger partial charge < -0.3 is 15.2 Å². The van der Waals surface area contributed by atoms with Gasteiger partial charge in [-0.1, -0.05) is 0 Å². The molecule has 14 heavy (non-hydrogen) atoms. The lowest BCUT2D eigenvalue weighted by Gasteiger charge is -1.93. The average molecular weight is 191 g/mol. The number of hydrogen-bond acceptors (Lipinski definition) is 3.